The summed E-state index contributed by atoms with van der Waals surface area (Å²) in [5, 5.41) is 9.64. The van der Waals surface area contributed by atoms with Crippen molar-refractivity contribution in [3.8, 4) is 5.75 Å². The highest BCUT2D eigenvalue weighted by Gasteiger charge is 2.15. The predicted octanol–water partition coefficient (Wildman–Crippen LogP) is 1.87. The number of benzene rings is 1. The number of esters is 1. The van der Waals surface area contributed by atoms with Crippen molar-refractivity contribution in [1.29, 1.82) is 0 Å². The average Bonchev–Trinajstić information content (AvgIpc) is 2.39. The maximum Gasteiger partial charge on any atom is 0.377 e. The van der Waals surface area contributed by atoms with Crippen LogP contribution < -0.4 is 4.74 Å². The van der Waals surface area contributed by atoms with E-state index in [2.05, 4.69) is 4.74 Å². The van der Waals surface area contributed by atoms with Crippen molar-refractivity contribution >= 4 is 17.6 Å². The fraction of sp³-hybridized carbons (Fsp3) is 0.250. The first-order chi connectivity index (χ1) is 8.62. The van der Waals surface area contributed by atoms with Crippen LogP contribution in [0.15, 0.2) is 30.2 Å². The first kappa shape index (κ1) is 14.3. The van der Waals surface area contributed by atoms with Crippen LogP contribution in [0.4, 0.5) is 0 Å². The van der Waals surface area contributed by atoms with Gasteiger partial charge in [0.25, 0.3) is 0 Å². The van der Waals surface area contributed by atoms with Crippen LogP contribution in [-0.4, -0.2) is 25.3 Å². The van der Waals surface area contributed by atoms with Crippen molar-refractivity contribution in [3.63, 3.8) is 0 Å². The van der Waals surface area contributed by atoms with Gasteiger partial charge in [-0.05, 0) is 18.2 Å². The number of ether oxygens (including phenoxy) is 3. The van der Waals surface area contributed by atoms with E-state index in [1.54, 1.807) is 18.2 Å². The topological polar surface area (TPSA) is 65.0 Å². The van der Waals surface area contributed by atoms with Gasteiger partial charge >= 0.3 is 5.97 Å². The lowest BCUT2D eigenvalue weighted by molar-refractivity contribution is -0.138. The third-order valence-corrected chi connectivity index (χ3v) is 2.26. The first-order valence-electron chi connectivity index (χ1n) is 5.00. The lowest BCUT2D eigenvalue weighted by Gasteiger charge is -2.11. The fourth-order valence-corrected chi connectivity index (χ4v) is 1.41. The molecule has 0 radical (unpaired) electrons. The molecular weight excluding hydrogens is 260 g/mol. The van der Waals surface area contributed by atoms with Gasteiger partial charge < -0.3 is 19.3 Å². The highest BCUT2D eigenvalue weighted by molar-refractivity contribution is 6.30. The standard InChI is InChI=1S/C12H13ClO5/c1-16-7-11(12(15)17-2)18-10-4-3-9(13)5-8(10)6-14/h3-5,7,14H,6H2,1-2H3/b11-7+. The quantitative estimate of drug-likeness (QED) is 0.504. The van der Waals surface area contributed by atoms with Crippen molar-refractivity contribution in [2.45, 2.75) is 6.61 Å². The number of carbonyl (C=O) groups is 1. The molecule has 1 rings (SSSR count). The molecule has 0 unspecified atom stereocenters. The van der Waals surface area contributed by atoms with E-state index in [1.807, 2.05) is 0 Å². The van der Waals surface area contributed by atoms with Crippen LogP contribution in [0.5, 0.6) is 5.75 Å². The number of hydrogen-bond donors (Lipinski definition) is 1. The van der Waals surface area contributed by atoms with E-state index in [9.17, 15) is 9.90 Å². The van der Waals surface area contributed by atoms with Gasteiger partial charge in [0.05, 0.1) is 20.8 Å². The molecule has 0 saturated carbocycles. The van der Waals surface area contributed by atoms with E-state index >= 15 is 0 Å². The lowest BCUT2D eigenvalue weighted by Crippen LogP contribution is -2.12. The van der Waals surface area contributed by atoms with Gasteiger partial charge in [-0.25, -0.2) is 4.79 Å². The second-order valence-corrected chi connectivity index (χ2v) is 3.66. The molecule has 0 heterocycles. The van der Waals surface area contributed by atoms with E-state index in [4.69, 9.17) is 21.1 Å². The Bertz CT molecular complexity index is 456. The van der Waals surface area contributed by atoms with Crippen molar-refractivity contribution in [2.75, 3.05) is 14.2 Å². The first-order valence-corrected chi connectivity index (χ1v) is 5.38. The summed E-state index contributed by atoms with van der Waals surface area (Å²) in [6, 6.07) is 4.66. The van der Waals surface area contributed by atoms with Crippen LogP contribution in [0.2, 0.25) is 5.02 Å². The normalized spacial score (nSPS) is 11.0. The molecule has 0 aliphatic carbocycles. The zero-order chi connectivity index (χ0) is 13.5. The van der Waals surface area contributed by atoms with Crippen molar-refractivity contribution in [1.82, 2.24) is 0 Å². The molecule has 5 nitrogen and oxygen atoms in total. The highest BCUT2D eigenvalue weighted by atomic mass is 35.5. The summed E-state index contributed by atoms with van der Waals surface area (Å²) < 4.78 is 14.6. The minimum absolute atomic E-state index is 0.128. The molecule has 0 aliphatic heterocycles. The zero-order valence-electron chi connectivity index (χ0n) is 9.97. The molecule has 1 aromatic rings. The number of rotatable bonds is 5. The molecule has 0 spiro atoms. The predicted molar refractivity (Wildman–Crippen MR) is 65.1 cm³/mol. The van der Waals surface area contributed by atoms with E-state index in [1.165, 1.54) is 14.2 Å². The van der Waals surface area contributed by atoms with E-state index < -0.39 is 5.97 Å². The maximum atomic E-state index is 11.4. The van der Waals surface area contributed by atoms with Crippen LogP contribution in [0.25, 0.3) is 0 Å². The van der Waals surface area contributed by atoms with Crippen molar-refractivity contribution in [2.24, 2.45) is 0 Å². The smallest absolute Gasteiger partial charge is 0.377 e. The Labute approximate surface area is 110 Å². The maximum absolute atomic E-state index is 11.4. The van der Waals surface area contributed by atoms with Gasteiger partial charge in [0.2, 0.25) is 5.76 Å². The van der Waals surface area contributed by atoms with E-state index in [0.717, 1.165) is 6.26 Å². The van der Waals surface area contributed by atoms with Gasteiger partial charge in [-0.3, -0.25) is 0 Å². The number of aliphatic hydroxyl groups excluding tert-OH is 1. The molecule has 18 heavy (non-hydrogen) atoms. The molecule has 1 N–H and O–H groups in total. The molecular formula is C12H13ClO5. The van der Waals surface area contributed by atoms with Gasteiger partial charge in [-0.15, -0.1) is 0 Å². The molecule has 0 aliphatic rings. The zero-order valence-corrected chi connectivity index (χ0v) is 10.7. The third kappa shape index (κ3) is 3.65. The number of hydrogen-bond acceptors (Lipinski definition) is 5. The minimum Gasteiger partial charge on any atom is -0.500 e. The molecule has 0 aromatic heterocycles. The summed E-state index contributed by atoms with van der Waals surface area (Å²) in [4.78, 5) is 11.4. The van der Waals surface area contributed by atoms with Gasteiger partial charge in [-0.1, -0.05) is 11.6 Å². The lowest BCUT2D eigenvalue weighted by atomic mass is 10.2. The largest absolute Gasteiger partial charge is 0.500 e. The molecule has 1 aromatic carbocycles. The molecule has 0 saturated heterocycles. The van der Waals surface area contributed by atoms with Gasteiger partial charge in [-0.2, -0.15) is 0 Å². The van der Waals surface area contributed by atoms with E-state index in [-0.39, 0.29) is 12.4 Å². The SMILES string of the molecule is CO/C=C(/Oc1ccc(Cl)cc1CO)C(=O)OC. The van der Waals surface area contributed by atoms with Crippen LogP contribution >= 0.6 is 11.6 Å². The second kappa shape index (κ2) is 6.88. The number of aliphatic hydroxyl groups is 1. The number of carbonyl (C=O) groups excluding carboxylic acids is 1. The molecule has 6 heteroatoms. The van der Waals surface area contributed by atoms with Crippen LogP contribution in [0.1, 0.15) is 5.56 Å². The third-order valence-electron chi connectivity index (χ3n) is 2.02. The van der Waals surface area contributed by atoms with E-state index in [0.29, 0.717) is 16.3 Å². The summed E-state index contributed by atoms with van der Waals surface area (Å²) in [6.45, 7) is -0.267. The van der Waals surface area contributed by atoms with Crippen molar-refractivity contribution in [3.05, 3.63) is 40.8 Å². The number of halogens is 1. The van der Waals surface area contributed by atoms with Crippen LogP contribution in [0.3, 0.4) is 0 Å². The summed E-state index contributed by atoms with van der Waals surface area (Å²) in [7, 11) is 2.60. The number of methoxy groups -OCH3 is 2. The molecule has 0 fully saturated rings. The summed E-state index contributed by atoms with van der Waals surface area (Å²) in [5.41, 5.74) is 0.452. The second-order valence-electron chi connectivity index (χ2n) is 3.22. The van der Waals surface area contributed by atoms with Gasteiger partial charge in [0.1, 0.15) is 12.0 Å². The Balaban J connectivity index is 3.01. The summed E-state index contributed by atoms with van der Waals surface area (Å²) in [6.07, 6.45) is 1.11. The summed E-state index contributed by atoms with van der Waals surface area (Å²) >= 11 is 5.79. The Morgan fingerprint density at radius 1 is 1.44 bits per heavy atom. The molecule has 98 valence electrons. The summed E-state index contributed by atoms with van der Waals surface area (Å²) in [5.74, 6) is -0.511. The minimum atomic E-state index is -0.685. The molecule has 0 atom stereocenters. The monoisotopic (exact) mass is 272 g/mol. The molecule has 0 amide bonds. The van der Waals surface area contributed by atoms with Crippen LogP contribution in [0, 0.1) is 0 Å². The Hall–Kier alpha value is -1.72. The van der Waals surface area contributed by atoms with Gasteiger partial charge in [0.15, 0.2) is 0 Å². The Morgan fingerprint density at radius 3 is 2.72 bits per heavy atom. The Morgan fingerprint density at radius 2 is 2.17 bits per heavy atom. The fourth-order valence-electron chi connectivity index (χ4n) is 1.21. The van der Waals surface area contributed by atoms with Gasteiger partial charge in [0, 0.05) is 10.6 Å². The molecule has 0 bridgehead atoms. The van der Waals surface area contributed by atoms with Crippen molar-refractivity contribution < 1.29 is 24.1 Å². The van der Waals surface area contributed by atoms with Crippen LogP contribution in [-0.2, 0) is 20.9 Å². The Kier molecular flexibility index (Phi) is 5.48. The average molecular weight is 273 g/mol. The highest BCUT2D eigenvalue weighted by Crippen LogP contribution is 2.24.